The molecule has 1 aliphatic rings. The zero-order chi connectivity index (χ0) is 10.8. The zero-order valence-corrected chi connectivity index (χ0v) is 8.40. The van der Waals surface area contributed by atoms with Crippen molar-refractivity contribution in [3.05, 3.63) is 23.8 Å². The summed E-state index contributed by atoms with van der Waals surface area (Å²) in [4.78, 5) is 10.7. The summed E-state index contributed by atoms with van der Waals surface area (Å²) in [6, 6.07) is 5.51. The molecule has 15 heavy (non-hydrogen) atoms. The van der Waals surface area contributed by atoms with Crippen molar-refractivity contribution in [2.24, 2.45) is 5.92 Å². The molecule has 1 aliphatic heterocycles. The second-order valence-electron chi connectivity index (χ2n) is 3.63. The lowest BCUT2D eigenvalue weighted by Gasteiger charge is -2.06. The van der Waals surface area contributed by atoms with Crippen LogP contribution in [0.1, 0.15) is 12.5 Å². The van der Waals surface area contributed by atoms with Crippen LogP contribution < -0.4 is 9.47 Å². The van der Waals surface area contributed by atoms with Crippen LogP contribution in [0.25, 0.3) is 0 Å². The Hall–Kier alpha value is -1.71. The number of rotatable bonds is 3. The van der Waals surface area contributed by atoms with Gasteiger partial charge in [0.15, 0.2) is 11.5 Å². The largest absolute Gasteiger partial charge is 0.481 e. The van der Waals surface area contributed by atoms with E-state index in [2.05, 4.69) is 0 Å². The Kier molecular flexibility index (Phi) is 2.49. The van der Waals surface area contributed by atoms with Gasteiger partial charge in [-0.25, -0.2) is 0 Å². The topological polar surface area (TPSA) is 55.8 Å². The number of carboxylic acids is 1. The molecule has 0 saturated carbocycles. The van der Waals surface area contributed by atoms with Gasteiger partial charge >= 0.3 is 5.97 Å². The van der Waals surface area contributed by atoms with Gasteiger partial charge < -0.3 is 14.6 Å². The maximum atomic E-state index is 10.7. The van der Waals surface area contributed by atoms with Gasteiger partial charge in [0.25, 0.3) is 0 Å². The third-order valence-electron chi connectivity index (χ3n) is 2.40. The number of benzene rings is 1. The average molecular weight is 208 g/mol. The van der Waals surface area contributed by atoms with Crippen LogP contribution in [0.15, 0.2) is 18.2 Å². The molecule has 4 nitrogen and oxygen atoms in total. The normalized spacial score (nSPS) is 15.0. The summed E-state index contributed by atoms with van der Waals surface area (Å²) in [5.41, 5.74) is 0.953. The lowest BCUT2D eigenvalue weighted by atomic mass is 10.0. The molecule has 4 heteroatoms. The molecule has 80 valence electrons. The van der Waals surface area contributed by atoms with E-state index < -0.39 is 5.97 Å². The first kappa shape index (κ1) is 9.83. The van der Waals surface area contributed by atoms with Crippen molar-refractivity contribution < 1.29 is 19.4 Å². The lowest BCUT2D eigenvalue weighted by Crippen LogP contribution is -2.12. The Morgan fingerprint density at radius 3 is 2.93 bits per heavy atom. The summed E-state index contributed by atoms with van der Waals surface area (Å²) in [6.07, 6.45) is 0.506. The van der Waals surface area contributed by atoms with Crippen LogP contribution in [0.4, 0.5) is 0 Å². The fourth-order valence-corrected chi connectivity index (χ4v) is 1.51. The number of hydrogen-bond acceptors (Lipinski definition) is 3. The smallest absolute Gasteiger partial charge is 0.306 e. The van der Waals surface area contributed by atoms with E-state index in [0.29, 0.717) is 12.2 Å². The van der Waals surface area contributed by atoms with E-state index in [4.69, 9.17) is 14.6 Å². The number of carbonyl (C=O) groups is 1. The molecule has 0 spiro atoms. The van der Waals surface area contributed by atoms with E-state index in [-0.39, 0.29) is 12.7 Å². The van der Waals surface area contributed by atoms with E-state index in [9.17, 15) is 4.79 Å². The molecule has 0 aliphatic carbocycles. The van der Waals surface area contributed by atoms with Crippen LogP contribution in [-0.4, -0.2) is 17.9 Å². The molecule has 1 aromatic rings. The molecule has 1 heterocycles. The summed E-state index contributed by atoms with van der Waals surface area (Å²) < 4.78 is 10.4. The Bertz CT molecular complexity index is 386. The number of fused-ring (bicyclic) bond motifs is 1. The lowest BCUT2D eigenvalue weighted by molar-refractivity contribution is -0.141. The fourth-order valence-electron chi connectivity index (χ4n) is 1.51. The standard InChI is InChI=1S/C11H12O4/c1-7(11(12)13)4-8-2-3-9-10(5-8)15-6-14-9/h2-3,5,7H,4,6H2,1H3,(H,12,13)/t7-/m1/s1. The van der Waals surface area contributed by atoms with E-state index in [1.165, 1.54) is 0 Å². The SMILES string of the molecule is C[C@H](Cc1ccc2c(c1)OCO2)C(=O)O. The molecule has 0 bridgehead atoms. The Morgan fingerprint density at radius 1 is 1.47 bits per heavy atom. The highest BCUT2D eigenvalue weighted by atomic mass is 16.7. The third-order valence-corrected chi connectivity index (χ3v) is 2.40. The molecule has 2 rings (SSSR count). The van der Waals surface area contributed by atoms with Crippen LogP contribution in [0, 0.1) is 5.92 Å². The van der Waals surface area contributed by atoms with Crippen LogP contribution in [0.2, 0.25) is 0 Å². The summed E-state index contributed by atoms with van der Waals surface area (Å²) in [5, 5.41) is 8.78. The van der Waals surface area contributed by atoms with Gasteiger partial charge in [-0.3, -0.25) is 4.79 Å². The van der Waals surface area contributed by atoms with Crippen molar-refractivity contribution in [2.75, 3.05) is 6.79 Å². The predicted molar refractivity (Wildman–Crippen MR) is 53.1 cm³/mol. The average Bonchev–Trinajstić information content (AvgIpc) is 2.64. The van der Waals surface area contributed by atoms with Crippen molar-refractivity contribution >= 4 is 5.97 Å². The van der Waals surface area contributed by atoms with E-state index in [1.807, 2.05) is 18.2 Å². The second kappa shape index (κ2) is 3.81. The van der Waals surface area contributed by atoms with Gasteiger partial charge in [-0.05, 0) is 24.1 Å². The van der Waals surface area contributed by atoms with Gasteiger partial charge in [-0.15, -0.1) is 0 Å². The highest BCUT2D eigenvalue weighted by Crippen LogP contribution is 2.33. The van der Waals surface area contributed by atoms with Crippen molar-refractivity contribution in [1.29, 1.82) is 0 Å². The molecule has 0 saturated heterocycles. The molecule has 1 N–H and O–H groups in total. The van der Waals surface area contributed by atoms with Gasteiger partial charge in [0, 0.05) is 0 Å². The Morgan fingerprint density at radius 2 is 2.20 bits per heavy atom. The zero-order valence-electron chi connectivity index (χ0n) is 8.40. The van der Waals surface area contributed by atoms with Gasteiger partial charge in [0.2, 0.25) is 6.79 Å². The quantitative estimate of drug-likeness (QED) is 0.821. The molecule has 1 aromatic carbocycles. The number of ether oxygens (including phenoxy) is 2. The summed E-state index contributed by atoms with van der Waals surface area (Å²) in [5.74, 6) is 0.254. The first-order valence-electron chi connectivity index (χ1n) is 4.78. The van der Waals surface area contributed by atoms with Crippen molar-refractivity contribution in [3.63, 3.8) is 0 Å². The molecule has 0 radical (unpaired) electrons. The maximum absolute atomic E-state index is 10.7. The molecule has 0 fully saturated rings. The van der Waals surface area contributed by atoms with Crippen LogP contribution in [0.5, 0.6) is 11.5 Å². The minimum Gasteiger partial charge on any atom is -0.481 e. The van der Waals surface area contributed by atoms with Gasteiger partial charge in [-0.1, -0.05) is 13.0 Å². The molecule has 1 atom stereocenters. The number of carboxylic acid groups (broad SMARTS) is 1. The van der Waals surface area contributed by atoms with Crippen LogP contribution >= 0.6 is 0 Å². The highest BCUT2D eigenvalue weighted by molar-refractivity contribution is 5.70. The van der Waals surface area contributed by atoms with E-state index >= 15 is 0 Å². The second-order valence-corrected chi connectivity index (χ2v) is 3.63. The maximum Gasteiger partial charge on any atom is 0.306 e. The molecule has 0 aromatic heterocycles. The van der Waals surface area contributed by atoms with E-state index in [1.54, 1.807) is 6.92 Å². The van der Waals surface area contributed by atoms with Crippen LogP contribution in [-0.2, 0) is 11.2 Å². The monoisotopic (exact) mass is 208 g/mol. The first-order valence-corrected chi connectivity index (χ1v) is 4.78. The van der Waals surface area contributed by atoms with Crippen molar-refractivity contribution in [1.82, 2.24) is 0 Å². The fraction of sp³-hybridized carbons (Fsp3) is 0.364. The Balaban J connectivity index is 2.13. The van der Waals surface area contributed by atoms with Gasteiger partial charge in [0.1, 0.15) is 0 Å². The Labute approximate surface area is 87.4 Å². The van der Waals surface area contributed by atoms with Crippen molar-refractivity contribution in [2.45, 2.75) is 13.3 Å². The van der Waals surface area contributed by atoms with E-state index in [0.717, 1.165) is 11.3 Å². The highest BCUT2D eigenvalue weighted by Gasteiger charge is 2.16. The van der Waals surface area contributed by atoms with Gasteiger partial charge in [-0.2, -0.15) is 0 Å². The minimum absolute atomic E-state index is 0.243. The molecule has 0 unspecified atom stereocenters. The number of hydrogen-bond donors (Lipinski definition) is 1. The van der Waals surface area contributed by atoms with Crippen molar-refractivity contribution in [3.8, 4) is 11.5 Å². The summed E-state index contributed by atoms with van der Waals surface area (Å²) >= 11 is 0. The third kappa shape index (κ3) is 2.03. The molecular formula is C11H12O4. The van der Waals surface area contributed by atoms with Gasteiger partial charge in [0.05, 0.1) is 5.92 Å². The summed E-state index contributed by atoms with van der Waals surface area (Å²) in [7, 11) is 0. The van der Waals surface area contributed by atoms with Crippen LogP contribution in [0.3, 0.4) is 0 Å². The predicted octanol–water partition coefficient (Wildman–Crippen LogP) is 1.68. The molecule has 0 amide bonds. The minimum atomic E-state index is -0.785. The molecular weight excluding hydrogens is 196 g/mol. The summed E-state index contributed by atoms with van der Waals surface area (Å²) in [6.45, 7) is 1.93. The number of aliphatic carboxylic acids is 1. The first-order chi connectivity index (χ1) is 7.16.